The van der Waals surface area contributed by atoms with Gasteiger partial charge in [-0.05, 0) is 124 Å². The highest BCUT2D eigenvalue weighted by Crippen LogP contribution is 2.37. The average Bonchev–Trinajstić information content (AvgIpc) is 3.63. The first kappa shape index (κ1) is 45.7. The lowest BCUT2D eigenvalue weighted by Crippen LogP contribution is -2.47. The Kier molecular flexibility index (Phi) is 14.5. The van der Waals surface area contributed by atoms with Crippen molar-refractivity contribution in [2.75, 3.05) is 82.1 Å². The van der Waals surface area contributed by atoms with Crippen LogP contribution in [0, 0.1) is 32.6 Å². The van der Waals surface area contributed by atoms with E-state index in [0.717, 1.165) is 110 Å². The Morgan fingerprint density at radius 1 is 0.862 bits per heavy atom. The Bertz CT molecular complexity index is 2450. The predicted octanol–water partition coefficient (Wildman–Crippen LogP) is 5.53. The molecule has 0 bridgehead atoms. The number of imide groups is 1. The molecular formula is C51H62N6O8. The van der Waals surface area contributed by atoms with Crippen LogP contribution in [0.15, 0.2) is 65.5 Å². The van der Waals surface area contributed by atoms with Gasteiger partial charge in [0.1, 0.15) is 12.4 Å². The van der Waals surface area contributed by atoms with Gasteiger partial charge >= 0.3 is 0 Å². The number of Topliss-reactive ketones (excluding diaryl/α,β-unsaturated/α-hetero) is 1. The monoisotopic (exact) mass is 886 g/mol. The Morgan fingerprint density at radius 2 is 1.63 bits per heavy atom. The van der Waals surface area contributed by atoms with Crippen molar-refractivity contribution in [2.45, 2.75) is 72.4 Å². The summed E-state index contributed by atoms with van der Waals surface area (Å²) in [7, 11) is 0. The van der Waals surface area contributed by atoms with Gasteiger partial charge in [-0.1, -0.05) is 18.2 Å². The third-order valence-corrected chi connectivity index (χ3v) is 13.7. The number of aromatic amines is 1. The SMILES string of the molecule is CCN(c1cc(-c2ccc(N3CCN(CCOCCOc4ccc5c(c4)C(=O)C(C4CCC(=O)NC4=O)C5)CC3)cc2)cc(C(=O)NCc2c(C)cc(C)[nH]c2=O)c1C)C1CCOCC1. The number of nitrogens with zero attached hydrogens (tertiary/aromatic N) is 3. The number of piperidine rings is 1. The van der Waals surface area contributed by atoms with E-state index in [2.05, 4.69) is 67.6 Å². The number of aryl methyl sites for hydroxylation is 2. The summed E-state index contributed by atoms with van der Waals surface area (Å²) in [5.74, 6) is -1.21. The van der Waals surface area contributed by atoms with Crippen molar-refractivity contribution in [3.05, 3.63) is 110 Å². The second-order valence-corrected chi connectivity index (χ2v) is 17.8. The maximum Gasteiger partial charge on any atom is 0.253 e. The van der Waals surface area contributed by atoms with Gasteiger partial charge in [0.15, 0.2) is 5.78 Å². The predicted molar refractivity (Wildman–Crippen MR) is 250 cm³/mol. The molecule has 4 aromatic rings. The number of hydrogen-bond donors (Lipinski definition) is 3. The first-order chi connectivity index (χ1) is 31.5. The second-order valence-electron chi connectivity index (χ2n) is 17.8. The van der Waals surface area contributed by atoms with Crippen molar-refractivity contribution >= 4 is 34.9 Å². The number of nitrogens with one attached hydrogen (secondary N) is 3. The summed E-state index contributed by atoms with van der Waals surface area (Å²) in [4.78, 5) is 74.1. The minimum absolute atomic E-state index is 0.0581. The zero-order chi connectivity index (χ0) is 45.6. The van der Waals surface area contributed by atoms with Crippen molar-refractivity contribution < 1.29 is 33.4 Å². The van der Waals surface area contributed by atoms with Crippen molar-refractivity contribution in [3.8, 4) is 16.9 Å². The quantitative estimate of drug-likeness (QED) is 0.0959. The van der Waals surface area contributed by atoms with Gasteiger partial charge in [0.25, 0.3) is 11.5 Å². The van der Waals surface area contributed by atoms with E-state index in [9.17, 15) is 24.0 Å². The second kappa shape index (κ2) is 20.6. The van der Waals surface area contributed by atoms with Crippen LogP contribution in [0.2, 0.25) is 0 Å². The molecule has 14 nitrogen and oxygen atoms in total. The average molecular weight is 887 g/mol. The summed E-state index contributed by atoms with van der Waals surface area (Å²) in [5.41, 5.74) is 9.23. The van der Waals surface area contributed by atoms with Crippen LogP contribution in [0.4, 0.5) is 11.4 Å². The molecule has 0 radical (unpaired) electrons. The number of ether oxygens (including phenoxy) is 3. The highest BCUT2D eigenvalue weighted by atomic mass is 16.5. The third-order valence-electron chi connectivity index (χ3n) is 13.7. The van der Waals surface area contributed by atoms with E-state index < -0.39 is 11.8 Å². The number of H-pyrrole nitrogens is 1. The van der Waals surface area contributed by atoms with Gasteiger partial charge < -0.3 is 34.3 Å². The number of carbonyl (C=O) groups is 4. The van der Waals surface area contributed by atoms with E-state index in [4.69, 9.17) is 14.2 Å². The van der Waals surface area contributed by atoms with Crippen LogP contribution in [-0.2, 0) is 32.0 Å². The number of fused-ring (bicyclic) bond motifs is 1. The first-order valence-corrected chi connectivity index (χ1v) is 23.2. The number of aromatic nitrogens is 1. The molecule has 2 atom stereocenters. The molecule has 0 saturated carbocycles. The standard InChI is InChI=1S/C51H62N6O8/c1-5-57(39-14-21-63-22-15-39)46-29-37(28-42(34(46)4)49(60)52-31-45-32(2)26-33(3)53-51(45)62)35-6-9-38(10-7-35)56-18-16-55(17-19-56)20-23-64-24-25-65-40-11-8-36-27-44(48(59)43(36)30-40)41-12-13-47(58)54-50(41)61/h6-11,26,28-30,39,41,44H,5,12-25,27,31H2,1-4H3,(H,52,60)(H,53,62)(H,54,58,61). The Morgan fingerprint density at radius 3 is 2.35 bits per heavy atom. The zero-order valence-corrected chi connectivity index (χ0v) is 38.1. The fourth-order valence-electron chi connectivity index (χ4n) is 10.00. The van der Waals surface area contributed by atoms with Gasteiger partial charge in [0.2, 0.25) is 11.8 Å². The van der Waals surface area contributed by atoms with E-state index in [1.54, 1.807) is 6.07 Å². The molecule has 3 aliphatic heterocycles. The van der Waals surface area contributed by atoms with Gasteiger partial charge in [-0.15, -0.1) is 0 Å². The van der Waals surface area contributed by atoms with Gasteiger partial charge in [-0.3, -0.25) is 34.2 Å². The van der Waals surface area contributed by atoms with Crippen LogP contribution in [0.1, 0.15) is 81.3 Å². The molecule has 8 rings (SSSR count). The maximum atomic E-state index is 14.0. The molecule has 3 N–H and O–H groups in total. The number of piperazine rings is 1. The Balaban J connectivity index is 0.831. The number of anilines is 2. The molecule has 4 aliphatic rings. The summed E-state index contributed by atoms with van der Waals surface area (Å²) < 4.78 is 17.6. The number of rotatable bonds is 16. The first-order valence-electron chi connectivity index (χ1n) is 23.2. The molecule has 1 aromatic heterocycles. The number of ketones is 1. The summed E-state index contributed by atoms with van der Waals surface area (Å²) in [5, 5.41) is 5.43. The molecule has 3 amide bonds. The Hall–Kier alpha value is -5.83. The summed E-state index contributed by atoms with van der Waals surface area (Å²) in [6.45, 7) is 16.1. The number of pyridine rings is 1. The summed E-state index contributed by atoms with van der Waals surface area (Å²) in [6.07, 6.45) is 3.02. The van der Waals surface area contributed by atoms with Crippen LogP contribution in [-0.4, -0.2) is 112 Å². The molecule has 0 spiro atoms. The smallest absolute Gasteiger partial charge is 0.253 e. The topological polar surface area (TPSA) is 163 Å². The van der Waals surface area contributed by atoms with E-state index in [-0.39, 0.29) is 42.0 Å². The highest BCUT2D eigenvalue weighted by molar-refractivity contribution is 6.07. The minimum atomic E-state index is -0.478. The summed E-state index contributed by atoms with van der Waals surface area (Å²) >= 11 is 0. The van der Waals surface area contributed by atoms with Gasteiger partial charge in [-0.2, -0.15) is 0 Å². The Labute approximate surface area is 381 Å². The third kappa shape index (κ3) is 10.5. The van der Waals surface area contributed by atoms with Crippen molar-refractivity contribution in [1.82, 2.24) is 20.5 Å². The number of amides is 3. The molecule has 3 saturated heterocycles. The molecular weight excluding hydrogens is 825 g/mol. The van der Waals surface area contributed by atoms with E-state index in [1.165, 1.54) is 0 Å². The van der Waals surface area contributed by atoms with Crippen LogP contribution in [0.5, 0.6) is 5.75 Å². The van der Waals surface area contributed by atoms with Crippen LogP contribution < -0.4 is 30.7 Å². The van der Waals surface area contributed by atoms with Crippen molar-refractivity contribution in [2.24, 2.45) is 11.8 Å². The zero-order valence-electron chi connectivity index (χ0n) is 38.1. The normalized spacial score (nSPS) is 19.3. The molecule has 1 aliphatic carbocycles. The van der Waals surface area contributed by atoms with Crippen LogP contribution >= 0.6 is 0 Å². The van der Waals surface area contributed by atoms with Crippen molar-refractivity contribution in [1.29, 1.82) is 0 Å². The summed E-state index contributed by atoms with van der Waals surface area (Å²) in [6, 6.07) is 20.6. The fraction of sp³-hybridized carbons (Fsp3) is 0.471. The lowest BCUT2D eigenvalue weighted by molar-refractivity contribution is -0.137. The van der Waals surface area contributed by atoms with Crippen molar-refractivity contribution in [3.63, 3.8) is 0 Å². The van der Waals surface area contributed by atoms with Crippen LogP contribution in [0.25, 0.3) is 11.1 Å². The molecule has 2 unspecified atom stereocenters. The maximum absolute atomic E-state index is 14.0. The van der Waals surface area contributed by atoms with E-state index in [0.29, 0.717) is 61.1 Å². The molecule has 3 aromatic carbocycles. The largest absolute Gasteiger partial charge is 0.491 e. The highest BCUT2D eigenvalue weighted by Gasteiger charge is 2.42. The molecule has 14 heteroatoms. The van der Waals surface area contributed by atoms with Gasteiger partial charge in [-0.25, -0.2) is 0 Å². The van der Waals surface area contributed by atoms with E-state index >= 15 is 0 Å². The lowest BCUT2D eigenvalue weighted by atomic mass is 9.83. The number of carbonyl (C=O) groups excluding carboxylic acids is 4. The molecule has 3 fully saturated rings. The van der Waals surface area contributed by atoms with Gasteiger partial charge in [0, 0.05) is 117 Å². The molecule has 344 valence electrons. The van der Waals surface area contributed by atoms with E-state index in [1.807, 2.05) is 45.0 Å². The lowest BCUT2D eigenvalue weighted by Gasteiger charge is -2.37. The van der Waals surface area contributed by atoms with Gasteiger partial charge in [0.05, 0.1) is 13.2 Å². The minimum Gasteiger partial charge on any atom is -0.491 e. The number of hydrogen-bond acceptors (Lipinski definition) is 11. The molecule has 65 heavy (non-hydrogen) atoms. The fourth-order valence-corrected chi connectivity index (χ4v) is 10.00. The van der Waals surface area contributed by atoms with Crippen LogP contribution in [0.3, 0.4) is 0 Å². The number of benzene rings is 3. The molecule has 4 heterocycles.